The Morgan fingerprint density at radius 2 is 1.79 bits per heavy atom. The summed E-state index contributed by atoms with van der Waals surface area (Å²) in [7, 11) is 0. The van der Waals surface area contributed by atoms with E-state index in [9.17, 15) is 18.4 Å². The monoisotopic (exact) mass is 406 g/mol. The highest BCUT2D eigenvalue weighted by atomic mass is 32.1. The number of nitrogens with zero attached hydrogens (tertiary/aromatic N) is 1. The molecule has 0 saturated carbocycles. The first-order chi connectivity index (χ1) is 13.5. The molecular formula is C21H24F2N2O2S. The number of nitrogens with one attached hydrogen (secondary N) is 1. The van der Waals surface area contributed by atoms with Gasteiger partial charge < -0.3 is 10.2 Å². The molecule has 2 aromatic rings. The molecule has 0 radical (unpaired) electrons. The van der Waals surface area contributed by atoms with E-state index in [0.717, 1.165) is 37.8 Å². The fourth-order valence-corrected chi connectivity index (χ4v) is 4.62. The number of likely N-dealkylation sites (N-methyl/N-ethyl adjacent to an activating group) is 1. The van der Waals surface area contributed by atoms with Gasteiger partial charge in [-0.1, -0.05) is 18.9 Å². The summed E-state index contributed by atoms with van der Waals surface area (Å²) in [5, 5.41) is 2.24. The molecular weight excluding hydrogens is 382 g/mol. The fraction of sp³-hybridized carbons (Fsp3) is 0.429. The first-order valence-corrected chi connectivity index (χ1v) is 10.5. The molecule has 7 heteroatoms. The Morgan fingerprint density at radius 3 is 2.46 bits per heavy atom. The van der Waals surface area contributed by atoms with Crippen LogP contribution in [-0.4, -0.2) is 29.8 Å². The lowest BCUT2D eigenvalue weighted by Crippen LogP contribution is -2.37. The van der Waals surface area contributed by atoms with Gasteiger partial charge in [-0.25, -0.2) is 8.78 Å². The van der Waals surface area contributed by atoms with Crippen LogP contribution in [0, 0.1) is 11.6 Å². The maximum atomic E-state index is 13.7. The third-order valence-corrected chi connectivity index (χ3v) is 6.16. The first-order valence-electron chi connectivity index (χ1n) is 9.64. The van der Waals surface area contributed by atoms with E-state index in [-0.39, 0.29) is 12.5 Å². The van der Waals surface area contributed by atoms with Crippen LogP contribution < -0.4 is 5.32 Å². The molecule has 150 valence electrons. The van der Waals surface area contributed by atoms with Crippen molar-refractivity contribution in [2.45, 2.75) is 45.4 Å². The molecule has 0 unspecified atom stereocenters. The Hall–Kier alpha value is -2.28. The van der Waals surface area contributed by atoms with Gasteiger partial charge in [0.2, 0.25) is 5.91 Å². The SMILES string of the molecule is CCN(CC(=O)Nc1c(F)cccc1F)C(=O)c1cc2c(s1)CCCCCC2. The average Bonchev–Trinajstić information content (AvgIpc) is 3.04. The zero-order valence-corrected chi connectivity index (χ0v) is 16.7. The van der Waals surface area contributed by atoms with E-state index in [0.29, 0.717) is 11.4 Å². The van der Waals surface area contributed by atoms with Gasteiger partial charge in [-0.3, -0.25) is 9.59 Å². The summed E-state index contributed by atoms with van der Waals surface area (Å²) in [4.78, 5) is 28.4. The second kappa shape index (κ2) is 9.28. The van der Waals surface area contributed by atoms with Gasteiger partial charge in [-0.2, -0.15) is 0 Å². The lowest BCUT2D eigenvalue weighted by Gasteiger charge is -2.19. The lowest BCUT2D eigenvalue weighted by atomic mass is 10.00. The van der Waals surface area contributed by atoms with Crippen LogP contribution in [0.15, 0.2) is 24.3 Å². The minimum atomic E-state index is -0.846. The number of carbonyl (C=O) groups excluding carboxylic acids is 2. The van der Waals surface area contributed by atoms with E-state index >= 15 is 0 Å². The average molecular weight is 406 g/mol. The van der Waals surface area contributed by atoms with Crippen LogP contribution in [-0.2, 0) is 17.6 Å². The molecule has 1 aliphatic rings. The van der Waals surface area contributed by atoms with Gasteiger partial charge in [-0.05, 0) is 56.4 Å². The number of thiophene rings is 1. The molecule has 0 aliphatic heterocycles. The normalized spacial score (nSPS) is 14.0. The number of halogens is 2. The van der Waals surface area contributed by atoms with Crippen LogP contribution in [0.4, 0.5) is 14.5 Å². The van der Waals surface area contributed by atoms with E-state index in [4.69, 9.17) is 0 Å². The third kappa shape index (κ3) is 4.76. The minimum Gasteiger partial charge on any atom is -0.329 e. The van der Waals surface area contributed by atoms with Gasteiger partial charge in [0.1, 0.15) is 23.9 Å². The number of anilines is 1. The number of rotatable bonds is 5. The topological polar surface area (TPSA) is 49.4 Å². The fourth-order valence-electron chi connectivity index (χ4n) is 3.40. The Kier molecular flexibility index (Phi) is 6.78. The van der Waals surface area contributed by atoms with Crippen molar-refractivity contribution in [1.29, 1.82) is 0 Å². The number of carbonyl (C=O) groups is 2. The van der Waals surface area contributed by atoms with Crippen LogP contribution in [0.2, 0.25) is 0 Å². The predicted molar refractivity (Wildman–Crippen MR) is 107 cm³/mol. The number of fused-ring (bicyclic) bond motifs is 1. The third-order valence-electron chi connectivity index (χ3n) is 4.94. The second-order valence-corrected chi connectivity index (χ2v) is 8.07. The maximum Gasteiger partial charge on any atom is 0.264 e. The summed E-state index contributed by atoms with van der Waals surface area (Å²) in [5.41, 5.74) is 0.747. The smallest absolute Gasteiger partial charge is 0.264 e. The minimum absolute atomic E-state index is 0.219. The van der Waals surface area contributed by atoms with Crippen molar-refractivity contribution in [3.8, 4) is 0 Å². The van der Waals surface area contributed by atoms with Gasteiger partial charge in [0.15, 0.2) is 0 Å². The Labute approximate surface area is 167 Å². The molecule has 0 atom stereocenters. The van der Waals surface area contributed by atoms with Crippen LogP contribution in [0.25, 0.3) is 0 Å². The number of hydrogen-bond acceptors (Lipinski definition) is 3. The number of hydrogen-bond donors (Lipinski definition) is 1. The highest BCUT2D eigenvalue weighted by molar-refractivity contribution is 7.14. The predicted octanol–water partition coefficient (Wildman–Crippen LogP) is 4.79. The molecule has 0 bridgehead atoms. The zero-order valence-electron chi connectivity index (χ0n) is 15.9. The summed E-state index contributed by atoms with van der Waals surface area (Å²) in [6.07, 6.45) is 6.67. The van der Waals surface area contributed by atoms with Gasteiger partial charge in [0.25, 0.3) is 5.91 Å². The van der Waals surface area contributed by atoms with Crippen LogP contribution in [0.3, 0.4) is 0 Å². The molecule has 1 aromatic heterocycles. The standard InChI is InChI=1S/C21H24F2N2O2S/c1-2-25(13-19(26)24-20-15(22)9-7-10-16(20)23)21(27)18-12-14-8-5-3-4-6-11-17(14)28-18/h7,9-10,12H,2-6,8,11,13H2,1H3,(H,24,26). The lowest BCUT2D eigenvalue weighted by molar-refractivity contribution is -0.116. The number of benzene rings is 1. The van der Waals surface area contributed by atoms with Crippen molar-refractivity contribution >= 4 is 28.8 Å². The van der Waals surface area contributed by atoms with Gasteiger partial charge in [0, 0.05) is 11.4 Å². The van der Waals surface area contributed by atoms with Crippen LogP contribution in [0.1, 0.15) is 52.7 Å². The summed E-state index contributed by atoms with van der Waals surface area (Å²) >= 11 is 1.50. The van der Waals surface area contributed by atoms with Gasteiger partial charge in [-0.15, -0.1) is 11.3 Å². The Balaban J connectivity index is 1.70. The molecule has 28 heavy (non-hydrogen) atoms. The largest absolute Gasteiger partial charge is 0.329 e. The number of amides is 2. The van der Waals surface area contributed by atoms with Crippen LogP contribution in [0.5, 0.6) is 0 Å². The molecule has 1 aromatic carbocycles. The van der Waals surface area contributed by atoms with E-state index in [1.54, 1.807) is 6.92 Å². The first kappa shape index (κ1) is 20.5. The van der Waals surface area contributed by atoms with E-state index in [1.807, 2.05) is 6.07 Å². The zero-order chi connectivity index (χ0) is 20.1. The van der Waals surface area contributed by atoms with Crippen LogP contribution >= 0.6 is 11.3 Å². The van der Waals surface area contributed by atoms with Crippen molar-refractivity contribution in [3.63, 3.8) is 0 Å². The van der Waals surface area contributed by atoms with Crippen molar-refractivity contribution in [2.75, 3.05) is 18.4 Å². The van der Waals surface area contributed by atoms with Gasteiger partial charge in [0.05, 0.1) is 4.88 Å². The summed E-state index contributed by atoms with van der Waals surface area (Å²) in [6.45, 7) is 1.85. The highest BCUT2D eigenvalue weighted by Gasteiger charge is 2.22. The summed E-state index contributed by atoms with van der Waals surface area (Å²) in [5.74, 6) is -2.54. The molecule has 3 rings (SSSR count). The molecule has 1 heterocycles. The van der Waals surface area contributed by atoms with E-state index in [1.165, 1.54) is 45.6 Å². The molecule has 0 fully saturated rings. The molecule has 1 aliphatic carbocycles. The highest BCUT2D eigenvalue weighted by Crippen LogP contribution is 2.29. The van der Waals surface area contributed by atoms with Crippen molar-refractivity contribution in [3.05, 3.63) is 51.2 Å². The van der Waals surface area contributed by atoms with Crippen molar-refractivity contribution < 1.29 is 18.4 Å². The van der Waals surface area contributed by atoms with Crippen molar-refractivity contribution in [1.82, 2.24) is 4.90 Å². The quantitative estimate of drug-likeness (QED) is 0.776. The van der Waals surface area contributed by atoms with Crippen molar-refractivity contribution in [2.24, 2.45) is 0 Å². The van der Waals surface area contributed by atoms with E-state index < -0.39 is 23.2 Å². The molecule has 4 nitrogen and oxygen atoms in total. The molecule has 0 saturated heterocycles. The second-order valence-electron chi connectivity index (χ2n) is 6.94. The molecule has 2 amide bonds. The maximum absolute atomic E-state index is 13.7. The van der Waals surface area contributed by atoms with Gasteiger partial charge >= 0.3 is 0 Å². The number of aryl methyl sites for hydroxylation is 2. The molecule has 0 spiro atoms. The summed E-state index contributed by atoms with van der Waals surface area (Å²) < 4.78 is 27.4. The van der Waals surface area contributed by atoms with E-state index in [2.05, 4.69) is 5.32 Å². The molecule has 1 N–H and O–H groups in total. The Bertz CT molecular complexity index is 820. The number of para-hydroxylation sites is 1. The summed E-state index contributed by atoms with van der Waals surface area (Å²) in [6, 6.07) is 5.32. The Morgan fingerprint density at radius 1 is 1.11 bits per heavy atom.